The van der Waals surface area contributed by atoms with Crippen LogP contribution in [0.1, 0.15) is 55.6 Å². The second kappa shape index (κ2) is 7.23. The van der Waals surface area contributed by atoms with E-state index in [1.165, 1.54) is 18.4 Å². The van der Waals surface area contributed by atoms with Crippen LogP contribution in [0.4, 0.5) is 5.82 Å². The maximum atomic E-state index is 9.15. The summed E-state index contributed by atoms with van der Waals surface area (Å²) in [6.45, 7) is 1.89. The van der Waals surface area contributed by atoms with Gasteiger partial charge in [-0.15, -0.1) is 0 Å². The molecule has 1 heterocycles. The Hall–Kier alpha value is -2.41. The normalized spacial score (nSPS) is 22.1. The second-order valence-electron chi connectivity index (χ2n) is 6.28. The number of hydrogen-bond donors (Lipinski definition) is 1. The molecule has 1 fully saturated rings. The number of rotatable bonds is 4. The number of nitrogens with one attached hydrogen (secondary N) is 1. The second-order valence-corrected chi connectivity index (χ2v) is 6.28. The van der Waals surface area contributed by atoms with E-state index >= 15 is 0 Å². The highest BCUT2D eigenvalue weighted by Crippen LogP contribution is 2.34. The van der Waals surface area contributed by atoms with Crippen molar-refractivity contribution >= 4 is 5.82 Å². The van der Waals surface area contributed by atoms with Gasteiger partial charge in [0.1, 0.15) is 12.1 Å². The predicted molar refractivity (Wildman–Crippen MR) is 91.1 cm³/mol. The van der Waals surface area contributed by atoms with Gasteiger partial charge in [0.15, 0.2) is 0 Å². The molecule has 23 heavy (non-hydrogen) atoms. The number of hydrogen-bond acceptors (Lipinski definition) is 4. The van der Waals surface area contributed by atoms with E-state index in [9.17, 15) is 0 Å². The molecule has 0 amide bonds. The summed E-state index contributed by atoms with van der Waals surface area (Å²) < 4.78 is 0. The van der Waals surface area contributed by atoms with Crippen molar-refractivity contribution in [1.29, 1.82) is 5.26 Å². The van der Waals surface area contributed by atoms with Gasteiger partial charge in [-0.3, -0.25) is 0 Å². The fourth-order valence-corrected chi connectivity index (χ4v) is 3.34. The van der Waals surface area contributed by atoms with Gasteiger partial charge in [-0.2, -0.15) is 5.26 Å². The van der Waals surface area contributed by atoms with Gasteiger partial charge in [-0.05, 0) is 44.1 Å². The molecule has 1 aliphatic carbocycles. The Labute approximate surface area is 137 Å². The highest BCUT2D eigenvalue weighted by Gasteiger charge is 2.23. The van der Waals surface area contributed by atoms with Gasteiger partial charge in [-0.25, -0.2) is 9.97 Å². The minimum Gasteiger partial charge on any atom is -0.367 e. The third kappa shape index (κ3) is 3.68. The number of anilines is 1. The molecule has 1 aromatic carbocycles. The maximum Gasteiger partial charge on any atom is 0.134 e. The first-order valence-corrected chi connectivity index (χ1v) is 8.29. The molecule has 0 spiro atoms. The Morgan fingerprint density at radius 2 is 1.91 bits per heavy atom. The first kappa shape index (κ1) is 15.5. The van der Waals surface area contributed by atoms with Crippen LogP contribution in [0.15, 0.2) is 42.9 Å². The lowest BCUT2D eigenvalue weighted by atomic mass is 9.82. The molecule has 1 saturated carbocycles. The summed E-state index contributed by atoms with van der Waals surface area (Å²) in [6.07, 6.45) is 7.93. The van der Waals surface area contributed by atoms with E-state index in [2.05, 4.69) is 51.7 Å². The number of benzene rings is 1. The van der Waals surface area contributed by atoms with E-state index in [4.69, 9.17) is 5.26 Å². The highest BCUT2D eigenvalue weighted by molar-refractivity contribution is 5.47. The van der Waals surface area contributed by atoms with Gasteiger partial charge in [0.2, 0.25) is 0 Å². The molecule has 4 nitrogen and oxygen atoms in total. The summed E-state index contributed by atoms with van der Waals surface area (Å²) in [5.74, 6) is 1.29. The zero-order valence-corrected chi connectivity index (χ0v) is 13.4. The molecular formula is C19H22N4. The summed E-state index contributed by atoms with van der Waals surface area (Å²) in [7, 11) is 0. The van der Waals surface area contributed by atoms with Gasteiger partial charge in [0, 0.05) is 17.8 Å². The average molecular weight is 306 g/mol. The standard InChI is InChI=1S/C19H22N4/c1-14(11-20)18-12-21-13-22-19(18)23-17-9-7-16(8-10-17)15-5-3-2-4-6-15/h2-6,12-14,16-17H,7-10H2,1H3,(H,21,22,23). The number of aromatic nitrogens is 2. The zero-order chi connectivity index (χ0) is 16.1. The lowest BCUT2D eigenvalue weighted by Crippen LogP contribution is -2.26. The minimum atomic E-state index is -0.195. The van der Waals surface area contributed by atoms with Gasteiger partial charge in [0.25, 0.3) is 0 Å². The van der Waals surface area contributed by atoms with E-state index in [0.717, 1.165) is 24.2 Å². The van der Waals surface area contributed by atoms with Gasteiger partial charge >= 0.3 is 0 Å². The molecule has 3 rings (SSSR count). The van der Waals surface area contributed by atoms with Crippen molar-refractivity contribution in [3.8, 4) is 6.07 Å². The van der Waals surface area contributed by atoms with E-state index in [0.29, 0.717) is 12.0 Å². The average Bonchev–Trinajstić information content (AvgIpc) is 2.63. The van der Waals surface area contributed by atoms with Gasteiger partial charge in [0.05, 0.1) is 12.0 Å². The van der Waals surface area contributed by atoms with Crippen molar-refractivity contribution < 1.29 is 0 Å². The smallest absolute Gasteiger partial charge is 0.134 e. The van der Waals surface area contributed by atoms with Crippen molar-refractivity contribution in [3.05, 3.63) is 54.0 Å². The zero-order valence-electron chi connectivity index (χ0n) is 13.4. The van der Waals surface area contributed by atoms with Crippen LogP contribution < -0.4 is 5.32 Å². The molecule has 2 aromatic rings. The molecule has 1 atom stereocenters. The van der Waals surface area contributed by atoms with Gasteiger partial charge < -0.3 is 5.32 Å². The van der Waals surface area contributed by atoms with Crippen LogP contribution in [0.2, 0.25) is 0 Å². The van der Waals surface area contributed by atoms with E-state index in [1.807, 2.05) is 6.92 Å². The first-order valence-electron chi connectivity index (χ1n) is 8.29. The van der Waals surface area contributed by atoms with Crippen LogP contribution in [-0.4, -0.2) is 16.0 Å². The van der Waals surface area contributed by atoms with E-state index < -0.39 is 0 Å². The van der Waals surface area contributed by atoms with Crippen molar-refractivity contribution in [1.82, 2.24) is 9.97 Å². The summed E-state index contributed by atoms with van der Waals surface area (Å²) in [5.41, 5.74) is 2.34. The van der Waals surface area contributed by atoms with Crippen molar-refractivity contribution in [2.75, 3.05) is 5.32 Å². The minimum absolute atomic E-state index is 0.195. The SMILES string of the molecule is CC(C#N)c1cncnc1NC1CCC(c2ccccc2)CC1. The largest absolute Gasteiger partial charge is 0.367 e. The number of nitrogens with zero attached hydrogens (tertiary/aromatic N) is 3. The molecule has 0 saturated heterocycles. The first-order chi connectivity index (χ1) is 11.3. The van der Waals surface area contributed by atoms with Crippen LogP contribution in [0.3, 0.4) is 0 Å². The van der Waals surface area contributed by atoms with Crippen molar-refractivity contribution in [3.63, 3.8) is 0 Å². The Kier molecular flexibility index (Phi) is 4.87. The van der Waals surface area contributed by atoms with Crippen LogP contribution in [0.5, 0.6) is 0 Å². The third-order valence-electron chi connectivity index (χ3n) is 4.74. The van der Waals surface area contributed by atoms with Crippen molar-refractivity contribution in [2.45, 2.75) is 50.5 Å². The van der Waals surface area contributed by atoms with Crippen LogP contribution in [0.25, 0.3) is 0 Å². The third-order valence-corrected chi connectivity index (χ3v) is 4.74. The monoisotopic (exact) mass is 306 g/mol. The Morgan fingerprint density at radius 1 is 1.17 bits per heavy atom. The van der Waals surface area contributed by atoms with E-state index in [-0.39, 0.29) is 5.92 Å². The Bertz CT molecular complexity index is 669. The Balaban J connectivity index is 1.63. The maximum absolute atomic E-state index is 9.15. The molecule has 0 radical (unpaired) electrons. The summed E-state index contributed by atoms with van der Waals surface area (Å²) in [5, 5.41) is 12.7. The van der Waals surface area contributed by atoms with Crippen LogP contribution in [0, 0.1) is 11.3 Å². The topological polar surface area (TPSA) is 61.6 Å². The quantitative estimate of drug-likeness (QED) is 0.917. The molecule has 1 aliphatic rings. The predicted octanol–water partition coefficient (Wildman–Crippen LogP) is 4.24. The molecule has 1 unspecified atom stereocenters. The molecular weight excluding hydrogens is 284 g/mol. The van der Waals surface area contributed by atoms with Crippen LogP contribution in [-0.2, 0) is 0 Å². The Morgan fingerprint density at radius 3 is 2.61 bits per heavy atom. The summed E-state index contributed by atoms with van der Waals surface area (Å²) in [4.78, 5) is 8.40. The summed E-state index contributed by atoms with van der Waals surface area (Å²) >= 11 is 0. The van der Waals surface area contributed by atoms with E-state index in [1.54, 1.807) is 12.5 Å². The summed E-state index contributed by atoms with van der Waals surface area (Å²) in [6, 6.07) is 13.5. The molecule has 1 aromatic heterocycles. The fourth-order valence-electron chi connectivity index (χ4n) is 3.34. The molecule has 118 valence electrons. The number of nitriles is 1. The molecule has 1 N–H and O–H groups in total. The lowest BCUT2D eigenvalue weighted by molar-refractivity contribution is 0.411. The van der Waals surface area contributed by atoms with Gasteiger partial charge in [-0.1, -0.05) is 30.3 Å². The molecule has 4 heteroatoms. The molecule has 0 aliphatic heterocycles. The lowest BCUT2D eigenvalue weighted by Gasteiger charge is -2.30. The fraction of sp³-hybridized carbons (Fsp3) is 0.421. The van der Waals surface area contributed by atoms with Crippen LogP contribution >= 0.6 is 0 Å². The molecule has 0 bridgehead atoms. The highest BCUT2D eigenvalue weighted by atomic mass is 15.0. The van der Waals surface area contributed by atoms with Crippen molar-refractivity contribution in [2.24, 2.45) is 0 Å².